The van der Waals surface area contributed by atoms with Gasteiger partial charge in [0.05, 0.1) is 17.7 Å². The fourth-order valence-corrected chi connectivity index (χ4v) is 3.04. The van der Waals surface area contributed by atoms with Crippen LogP contribution in [0.2, 0.25) is 0 Å². The quantitative estimate of drug-likeness (QED) is 0.784. The molecule has 6 nitrogen and oxygen atoms in total. The van der Waals surface area contributed by atoms with Gasteiger partial charge in [0.1, 0.15) is 17.5 Å². The first-order valence-electron chi connectivity index (χ1n) is 8.28. The molecule has 1 aliphatic heterocycles. The number of fused-ring (bicyclic) bond motifs is 1. The lowest BCUT2D eigenvalue weighted by molar-refractivity contribution is -0.134. The molecule has 134 valence electrons. The first kappa shape index (κ1) is 17.9. The van der Waals surface area contributed by atoms with Gasteiger partial charge in [0.25, 0.3) is 5.91 Å². The maximum Gasteiger partial charge on any atom is 0.254 e. The molecule has 0 spiro atoms. The minimum atomic E-state index is -1.36. The molecule has 1 heterocycles. The summed E-state index contributed by atoms with van der Waals surface area (Å²) in [5.41, 5.74) is 0.403. The van der Waals surface area contributed by atoms with Crippen LogP contribution in [0.15, 0.2) is 48.5 Å². The number of carbonyl (C=O) groups is 1. The molecule has 1 amide bonds. The number of aliphatic hydroxyl groups excluding tert-OH is 2. The highest BCUT2D eigenvalue weighted by Crippen LogP contribution is 2.40. The summed E-state index contributed by atoms with van der Waals surface area (Å²) in [7, 11) is 0. The molecule has 1 aliphatic rings. The number of hydrogen-bond donors (Lipinski definition) is 3. The highest BCUT2D eigenvalue weighted by Gasteiger charge is 2.44. The normalized spacial score (nSPS) is 21.7. The lowest BCUT2D eigenvalue weighted by Crippen LogP contribution is -2.54. The molecule has 0 saturated carbocycles. The second-order valence-electron chi connectivity index (χ2n) is 6.81. The largest absolute Gasteiger partial charge is 0.485 e. The van der Waals surface area contributed by atoms with Gasteiger partial charge >= 0.3 is 0 Å². The number of nitrogens with one attached hydrogen (secondary N) is 1. The Hall–Kier alpha value is -2.88. The first-order valence-corrected chi connectivity index (χ1v) is 8.28. The Morgan fingerprint density at radius 3 is 2.62 bits per heavy atom. The zero-order chi connectivity index (χ0) is 18.9. The Morgan fingerprint density at radius 2 is 1.96 bits per heavy atom. The number of amides is 1. The Bertz CT molecular complexity index is 858. The molecular formula is C20H20N2O4. The van der Waals surface area contributed by atoms with Gasteiger partial charge in [-0.3, -0.25) is 4.79 Å². The maximum absolute atomic E-state index is 12.6. The molecule has 0 bridgehead atoms. The number of hydrogen-bond acceptors (Lipinski definition) is 5. The standard InChI is InChI=1S/C20H20N2O4/c1-20(2)18(24)16(14-10-12(11-21)8-9-15(14)26-20)22-19(25)17(23)13-6-4-3-5-7-13/h3-10,16-18,23-24H,1-2H3,(H,22,25). The van der Waals surface area contributed by atoms with Crippen molar-refractivity contribution in [3.05, 3.63) is 65.2 Å². The molecule has 26 heavy (non-hydrogen) atoms. The first-order chi connectivity index (χ1) is 12.3. The summed E-state index contributed by atoms with van der Waals surface area (Å²) >= 11 is 0. The number of ether oxygens (including phenoxy) is 1. The van der Waals surface area contributed by atoms with E-state index < -0.39 is 29.8 Å². The van der Waals surface area contributed by atoms with E-state index in [9.17, 15) is 15.0 Å². The smallest absolute Gasteiger partial charge is 0.254 e. The van der Waals surface area contributed by atoms with E-state index in [0.717, 1.165) is 0 Å². The van der Waals surface area contributed by atoms with E-state index in [-0.39, 0.29) is 0 Å². The Balaban J connectivity index is 1.93. The Labute approximate surface area is 151 Å². The summed E-state index contributed by atoms with van der Waals surface area (Å²) in [4.78, 5) is 12.6. The second-order valence-corrected chi connectivity index (χ2v) is 6.81. The van der Waals surface area contributed by atoms with Crippen molar-refractivity contribution in [3.8, 4) is 11.8 Å². The average Bonchev–Trinajstić information content (AvgIpc) is 2.65. The highest BCUT2D eigenvalue weighted by atomic mass is 16.5. The number of nitriles is 1. The lowest BCUT2D eigenvalue weighted by Gasteiger charge is -2.42. The van der Waals surface area contributed by atoms with Crippen molar-refractivity contribution in [2.45, 2.75) is 37.7 Å². The summed E-state index contributed by atoms with van der Waals surface area (Å²) in [5.74, 6) is -0.148. The number of nitrogens with zero attached hydrogens (tertiary/aromatic N) is 1. The predicted octanol–water partition coefficient (Wildman–Crippen LogP) is 1.98. The van der Waals surface area contributed by atoms with E-state index in [1.165, 1.54) is 0 Å². The highest BCUT2D eigenvalue weighted by molar-refractivity contribution is 5.82. The molecule has 0 aromatic heterocycles. The van der Waals surface area contributed by atoms with Crippen molar-refractivity contribution in [2.24, 2.45) is 0 Å². The minimum absolute atomic E-state index is 0.391. The molecule has 6 heteroatoms. The van der Waals surface area contributed by atoms with Gasteiger partial charge in [-0.2, -0.15) is 5.26 Å². The van der Waals surface area contributed by atoms with Crippen LogP contribution < -0.4 is 10.1 Å². The number of carbonyl (C=O) groups excluding carboxylic acids is 1. The van der Waals surface area contributed by atoms with E-state index in [1.807, 2.05) is 6.07 Å². The predicted molar refractivity (Wildman–Crippen MR) is 94.2 cm³/mol. The van der Waals surface area contributed by atoms with Crippen LogP contribution in [0.5, 0.6) is 5.75 Å². The summed E-state index contributed by atoms with van der Waals surface area (Å²) < 4.78 is 5.81. The van der Waals surface area contributed by atoms with Crippen LogP contribution in [0.4, 0.5) is 0 Å². The molecule has 3 atom stereocenters. The molecule has 3 unspecified atom stereocenters. The van der Waals surface area contributed by atoms with Gasteiger partial charge in [0.15, 0.2) is 6.10 Å². The van der Waals surface area contributed by atoms with E-state index in [0.29, 0.717) is 22.4 Å². The van der Waals surface area contributed by atoms with Crippen molar-refractivity contribution < 1.29 is 19.7 Å². The minimum Gasteiger partial charge on any atom is -0.485 e. The van der Waals surface area contributed by atoms with Crippen molar-refractivity contribution in [1.82, 2.24) is 5.32 Å². The third kappa shape index (κ3) is 3.27. The Kier molecular flexibility index (Phi) is 4.68. The fraction of sp³-hybridized carbons (Fsp3) is 0.300. The molecule has 0 saturated heterocycles. The van der Waals surface area contributed by atoms with Crippen LogP contribution in [0.25, 0.3) is 0 Å². The van der Waals surface area contributed by atoms with Crippen molar-refractivity contribution in [3.63, 3.8) is 0 Å². The fourth-order valence-electron chi connectivity index (χ4n) is 3.04. The summed E-state index contributed by atoms with van der Waals surface area (Å²) in [6, 6.07) is 14.6. The Morgan fingerprint density at radius 1 is 1.27 bits per heavy atom. The van der Waals surface area contributed by atoms with Gasteiger partial charge in [-0.25, -0.2) is 0 Å². The van der Waals surface area contributed by atoms with E-state index in [1.54, 1.807) is 62.4 Å². The van der Waals surface area contributed by atoms with Crippen molar-refractivity contribution in [1.29, 1.82) is 5.26 Å². The van der Waals surface area contributed by atoms with Gasteiger partial charge in [-0.1, -0.05) is 30.3 Å². The van der Waals surface area contributed by atoms with Crippen LogP contribution in [0, 0.1) is 11.3 Å². The number of benzene rings is 2. The molecule has 0 fully saturated rings. The van der Waals surface area contributed by atoms with Crippen LogP contribution >= 0.6 is 0 Å². The van der Waals surface area contributed by atoms with Crippen LogP contribution in [-0.2, 0) is 4.79 Å². The number of aliphatic hydroxyl groups is 2. The third-order valence-corrected chi connectivity index (χ3v) is 4.54. The SMILES string of the molecule is CC1(C)Oc2ccc(C#N)cc2C(NC(=O)C(O)c2ccccc2)C1O. The molecule has 3 rings (SSSR count). The molecular weight excluding hydrogens is 332 g/mol. The van der Waals surface area contributed by atoms with E-state index >= 15 is 0 Å². The van der Waals surface area contributed by atoms with Crippen LogP contribution in [-0.4, -0.2) is 27.8 Å². The van der Waals surface area contributed by atoms with E-state index in [2.05, 4.69) is 5.32 Å². The monoisotopic (exact) mass is 352 g/mol. The molecule has 0 aliphatic carbocycles. The van der Waals surface area contributed by atoms with Crippen molar-refractivity contribution >= 4 is 5.91 Å². The van der Waals surface area contributed by atoms with E-state index in [4.69, 9.17) is 10.00 Å². The zero-order valence-corrected chi connectivity index (χ0v) is 14.5. The van der Waals surface area contributed by atoms with Gasteiger partial charge in [-0.15, -0.1) is 0 Å². The molecule has 2 aromatic rings. The van der Waals surface area contributed by atoms with Gasteiger partial charge in [0, 0.05) is 5.56 Å². The van der Waals surface area contributed by atoms with Crippen LogP contribution in [0.3, 0.4) is 0 Å². The maximum atomic E-state index is 12.6. The average molecular weight is 352 g/mol. The lowest BCUT2D eigenvalue weighted by atomic mass is 9.85. The van der Waals surface area contributed by atoms with Gasteiger partial charge in [-0.05, 0) is 37.6 Å². The topological polar surface area (TPSA) is 103 Å². The summed E-state index contributed by atoms with van der Waals surface area (Å²) in [5, 5.41) is 32.8. The third-order valence-electron chi connectivity index (χ3n) is 4.54. The van der Waals surface area contributed by atoms with Crippen molar-refractivity contribution in [2.75, 3.05) is 0 Å². The molecule has 2 aromatic carbocycles. The molecule has 0 radical (unpaired) electrons. The molecule has 3 N–H and O–H groups in total. The summed E-state index contributed by atoms with van der Waals surface area (Å²) in [6.45, 7) is 3.43. The van der Waals surface area contributed by atoms with Gasteiger partial charge in [0.2, 0.25) is 0 Å². The van der Waals surface area contributed by atoms with Gasteiger partial charge < -0.3 is 20.3 Å². The van der Waals surface area contributed by atoms with Crippen LogP contribution in [0.1, 0.15) is 42.7 Å². The number of rotatable bonds is 3. The second kappa shape index (κ2) is 6.79. The summed E-state index contributed by atoms with van der Waals surface area (Å²) in [6.07, 6.45) is -2.42. The zero-order valence-electron chi connectivity index (χ0n) is 14.5.